The molecule has 4 nitrogen and oxygen atoms in total. The summed E-state index contributed by atoms with van der Waals surface area (Å²) in [7, 11) is 0. The second kappa shape index (κ2) is 6.15. The van der Waals surface area contributed by atoms with Crippen molar-refractivity contribution >= 4 is 22.5 Å². The zero-order valence-electron chi connectivity index (χ0n) is 12.4. The Bertz CT molecular complexity index is 931. The number of amides is 1. The lowest BCUT2D eigenvalue weighted by atomic mass is 10.2. The fraction of sp³-hybridized carbons (Fsp3) is 0.125. The Hall–Kier alpha value is -2.97. The molecule has 130 valence electrons. The van der Waals surface area contributed by atoms with E-state index in [1.54, 1.807) is 0 Å². The van der Waals surface area contributed by atoms with E-state index < -0.39 is 29.3 Å². The van der Waals surface area contributed by atoms with Crippen molar-refractivity contribution in [2.45, 2.75) is 12.6 Å². The molecule has 1 amide bonds. The minimum absolute atomic E-state index is 0.141. The van der Waals surface area contributed by atoms with Crippen LogP contribution in [0.25, 0.3) is 10.9 Å². The molecule has 0 bridgehead atoms. The van der Waals surface area contributed by atoms with Gasteiger partial charge >= 0.3 is 6.18 Å². The molecule has 3 aromatic rings. The summed E-state index contributed by atoms with van der Waals surface area (Å²) in [5.41, 5.74) is -0.249. The summed E-state index contributed by atoms with van der Waals surface area (Å²) in [4.78, 5) is 18.3. The molecule has 0 aliphatic rings. The van der Waals surface area contributed by atoms with Gasteiger partial charge in [-0.05, 0) is 18.2 Å². The highest BCUT2D eigenvalue weighted by atomic mass is 19.4. The van der Waals surface area contributed by atoms with E-state index in [0.29, 0.717) is 11.7 Å². The number of alkyl halides is 3. The lowest BCUT2D eigenvalue weighted by Gasteiger charge is -2.07. The SMILES string of the molecule is O=C(Cc1ccc(C(F)(F)F)cn1)Nc1c[nH]c2cc(F)c(F)cc12. The minimum Gasteiger partial charge on any atom is -0.359 e. The zero-order valence-corrected chi connectivity index (χ0v) is 12.4. The third-order valence-electron chi connectivity index (χ3n) is 3.49. The topological polar surface area (TPSA) is 57.8 Å². The maximum Gasteiger partial charge on any atom is 0.417 e. The first-order valence-electron chi connectivity index (χ1n) is 7.02. The van der Waals surface area contributed by atoms with Crippen LogP contribution >= 0.6 is 0 Å². The standard InChI is InChI=1S/C16H10F5N3O/c17-11-4-10-13(5-12(11)18)23-7-14(10)24-15(25)3-9-2-1-8(6-22-9)16(19,20)21/h1-2,4-7,23H,3H2,(H,24,25). The Morgan fingerprint density at radius 2 is 1.88 bits per heavy atom. The maximum absolute atomic E-state index is 13.3. The van der Waals surface area contributed by atoms with E-state index in [1.165, 1.54) is 6.20 Å². The highest BCUT2D eigenvalue weighted by Crippen LogP contribution is 2.28. The van der Waals surface area contributed by atoms with E-state index in [-0.39, 0.29) is 23.2 Å². The second-order valence-corrected chi connectivity index (χ2v) is 5.28. The van der Waals surface area contributed by atoms with Crippen LogP contribution in [-0.2, 0) is 17.4 Å². The molecule has 0 aliphatic carbocycles. The zero-order chi connectivity index (χ0) is 18.2. The molecular weight excluding hydrogens is 345 g/mol. The van der Waals surface area contributed by atoms with E-state index in [1.807, 2.05) is 0 Å². The number of pyridine rings is 1. The molecule has 3 rings (SSSR count). The van der Waals surface area contributed by atoms with Crippen LogP contribution < -0.4 is 5.32 Å². The Balaban J connectivity index is 1.74. The molecule has 0 spiro atoms. The molecule has 0 radical (unpaired) electrons. The molecule has 2 N–H and O–H groups in total. The smallest absolute Gasteiger partial charge is 0.359 e. The highest BCUT2D eigenvalue weighted by molar-refractivity contribution is 6.02. The van der Waals surface area contributed by atoms with Gasteiger partial charge in [0.1, 0.15) is 0 Å². The quantitative estimate of drug-likeness (QED) is 0.697. The number of halogens is 5. The van der Waals surface area contributed by atoms with Gasteiger partial charge in [-0.3, -0.25) is 9.78 Å². The van der Waals surface area contributed by atoms with Crippen molar-refractivity contribution in [3.63, 3.8) is 0 Å². The minimum atomic E-state index is -4.50. The van der Waals surface area contributed by atoms with E-state index in [0.717, 1.165) is 24.3 Å². The van der Waals surface area contributed by atoms with E-state index in [4.69, 9.17) is 0 Å². The number of aromatic amines is 1. The number of benzene rings is 1. The Labute approximate surface area is 137 Å². The molecule has 0 saturated heterocycles. The van der Waals surface area contributed by atoms with Crippen LogP contribution in [0.15, 0.2) is 36.7 Å². The van der Waals surface area contributed by atoms with Crippen LogP contribution in [0.5, 0.6) is 0 Å². The van der Waals surface area contributed by atoms with Gasteiger partial charge in [0.15, 0.2) is 11.6 Å². The summed E-state index contributed by atoms with van der Waals surface area (Å²) in [5.74, 6) is -2.65. The van der Waals surface area contributed by atoms with Crippen LogP contribution in [0, 0.1) is 11.6 Å². The summed E-state index contributed by atoms with van der Waals surface area (Å²) in [6, 6.07) is 3.83. The monoisotopic (exact) mass is 355 g/mol. The number of nitrogens with zero attached hydrogens (tertiary/aromatic N) is 1. The number of fused-ring (bicyclic) bond motifs is 1. The first-order valence-corrected chi connectivity index (χ1v) is 7.02. The van der Waals surface area contributed by atoms with Crippen LogP contribution in [0.3, 0.4) is 0 Å². The predicted octanol–water partition coefficient (Wildman–Crippen LogP) is 4.04. The van der Waals surface area contributed by atoms with Gasteiger partial charge in [-0.25, -0.2) is 8.78 Å². The van der Waals surface area contributed by atoms with E-state index in [9.17, 15) is 26.7 Å². The average Bonchev–Trinajstić information content (AvgIpc) is 2.89. The lowest BCUT2D eigenvalue weighted by molar-refractivity contribution is -0.137. The Morgan fingerprint density at radius 1 is 1.16 bits per heavy atom. The summed E-state index contributed by atoms with van der Waals surface area (Å²) in [6.07, 6.45) is -2.76. The molecule has 0 fully saturated rings. The Kier molecular flexibility index (Phi) is 4.15. The first kappa shape index (κ1) is 16.9. The van der Waals surface area contributed by atoms with Crippen LogP contribution in [0.2, 0.25) is 0 Å². The summed E-state index contributed by atoms with van der Waals surface area (Å²) < 4.78 is 63.9. The van der Waals surface area contributed by atoms with Gasteiger partial charge in [0.25, 0.3) is 0 Å². The molecule has 0 unspecified atom stereocenters. The number of carbonyl (C=O) groups excluding carboxylic acids is 1. The molecule has 9 heteroatoms. The third-order valence-corrected chi connectivity index (χ3v) is 3.49. The van der Waals surface area contributed by atoms with Gasteiger partial charge in [-0.2, -0.15) is 13.2 Å². The number of rotatable bonds is 3. The average molecular weight is 355 g/mol. The lowest BCUT2D eigenvalue weighted by Crippen LogP contribution is -2.15. The highest BCUT2D eigenvalue weighted by Gasteiger charge is 2.30. The van der Waals surface area contributed by atoms with Crippen LogP contribution in [-0.4, -0.2) is 15.9 Å². The fourth-order valence-electron chi connectivity index (χ4n) is 2.28. The van der Waals surface area contributed by atoms with Crippen molar-refractivity contribution in [1.29, 1.82) is 0 Å². The molecule has 0 saturated carbocycles. The fourth-order valence-corrected chi connectivity index (χ4v) is 2.28. The molecule has 0 atom stereocenters. The van der Waals surface area contributed by atoms with Crippen molar-refractivity contribution in [2.75, 3.05) is 5.32 Å². The number of hydrogen-bond acceptors (Lipinski definition) is 2. The number of aromatic nitrogens is 2. The molecule has 0 aliphatic heterocycles. The number of H-pyrrole nitrogens is 1. The van der Waals surface area contributed by atoms with Crippen molar-refractivity contribution in [2.24, 2.45) is 0 Å². The second-order valence-electron chi connectivity index (χ2n) is 5.28. The summed E-state index contributed by atoms with van der Waals surface area (Å²) >= 11 is 0. The number of carbonyl (C=O) groups is 1. The third kappa shape index (κ3) is 3.59. The number of nitrogens with one attached hydrogen (secondary N) is 2. The van der Waals surface area contributed by atoms with E-state index in [2.05, 4.69) is 15.3 Å². The predicted molar refractivity (Wildman–Crippen MR) is 79.8 cm³/mol. The van der Waals surface area contributed by atoms with Crippen molar-refractivity contribution in [1.82, 2.24) is 9.97 Å². The Morgan fingerprint density at radius 3 is 2.52 bits per heavy atom. The number of hydrogen-bond donors (Lipinski definition) is 2. The van der Waals surface area contributed by atoms with Crippen molar-refractivity contribution in [3.8, 4) is 0 Å². The molecule has 25 heavy (non-hydrogen) atoms. The summed E-state index contributed by atoms with van der Waals surface area (Å²) in [6.45, 7) is 0. The van der Waals surface area contributed by atoms with Gasteiger partial charge < -0.3 is 10.3 Å². The van der Waals surface area contributed by atoms with Crippen LogP contribution in [0.4, 0.5) is 27.6 Å². The van der Waals surface area contributed by atoms with Gasteiger partial charge in [-0.1, -0.05) is 0 Å². The molecule has 2 heterocycles. The number of anilines is 1. The largest absolute Gasteiger partial charge is 0.417 e. The molecule has 2 aromatic heterocycles. The van der Waals surface area contributed by atoms with Crippen molar-refractivity contribution in [3.05, 3.63) is 59.6 Å². The molecular formula is C16H10F5N3O. The van der Waals surface area contributed by atoms with Gasteiger partial charge in [0.2, 0.25) is 5.91 Å². The van der Waals surface area contributed by atoms with Crippen molar-refractivity contribution < 1.29 is 26.7 Å². The normalized spacial score (nSPS) is 11.7. The molecule has 1 aromatic carbocycles. The van der Waals surface area contributed by atoms with Crippen LogP contribution in [0.1, 0.15) is 11.3 Å². The first-order chi connectivity index (χ1) is 11.7. The maximum atomic E-state index is 13.3. The summed E-state index contributed by atoms with van der Waals surface area (Å²) in [5, 5.41) is 2.75. The van der Waals surface area contributed by atoms with E-state index >= 15 is 0 Å². The van der Waals surface area contributed by atoms with Gasteiger partial charge in [0, 0.05) is 29.5 Å². The van der Waals surface area contributed by atoms with Gasteiger partial charge in [0.05, 0.1) is 23.2 Å². The van der Waals surface area contributed by atoms with Gasteiger partial charge in [-0.15, -0.1) is 0 Å².